The van der Waals surface area contributed by atoms with E-state index < -0.39 is 5.69 Å². The minimum absolute atomic E-state index is 0.119. The van der Waals surface area contributed by atoms with Crippen LogP contribution in [0.1, 0.15) is 12.8 Å². The third-order valence-electron chi connectivity index (χ3n) is 7.58. The van der Waals surface area contributed by atoms with Gasteiger partial charge in [-0.1, -0.05) is 24.3 Å². The molecule has 2 N–H and O–H groups in total. The number of nitrogens with zero attached hydrogens (tertiary/aromatic N) is 6. The second-order valence-electron chi connectivity index (χ2n) is 10.7. The highest BCUT2D eigenvalue weighted by Gasteiger charge is 2.34. The van der Waals surface area contributed by atoms with E-state index in [1.807, 2.05) is 30.3 Å². The first-order chi connectivity index (χ1) is 20.7. The predicted molar refractivity (Wildman–Crippen MR) is 165 cm³/mol. The number of aromatic nitrogens is 4. The number of hydrogen-bond acceptors (Lipinski definition) is 7. The molecule has 1 fully saturated rings. The Labute approximate surface area is 247 Å². The van der Waals surface area contributed by atoms with Gasteiger partial charge in [0.2, 0.25) is 0 Å². The molecule has 2 heterocycles. The molecule has 1 aliphatic rings. The van der Waals surface area contributed by atoms with Gasteiger partial charge < -0.3 is 25.2 Å². The van der Waals surface area contributed by atoms with Crippen LogP contribution in [0.3, 0.4) is 0 Å². The zero-order valence-corrected chi connectivity index (χ0v) is 23.8. The monoisotopic (exact) mass is 577 g/mol. The maximum Gasteiger partial charge on any atom is 0.339 e. The summed E-state index contributed by atoms with van der Waals surface area (Å²) in [4.78, 5) is 36.9. The second kappa shape index (κ2) is 11.2. The number of benzene rings is 3. The van der Waals surface area contributed by atoms with Gasteiger partial charge in [0.1, 0.15) is 23.3 Å². The number of anilines is 2. The summed E-state index contributed by atoms with van der Waals surface area (Å²) in [7, 11) is 3.28. The summed E-state index contributed by atoms with van der Waals surface area (Å²) in [6, 6.07) is 23.6. The van der Waals surface area contributed by atoms with Crippen molar-refractivity contribution in [3.8, 4) is 22.9 Å². The van der Waals surface area contributed by atoms with Crippen molar-refractivity contribution >= 4 is 28.6 Å². The average Bonchev–Trinajstić information content (AvgIpc) is 3.82. The van der Waals surface area contributed by atoms with E-state index in [4.69, 9.17) is 10.5 Å². The van der Waals surface area contributed by atoms with Crippen molar-refractivity contribution in [2.24, 2.45) is 0 Å². The van der Waals surface area contributed by atoms with Crippen LogP contribution in [-0.2, 0) is 4.79 Å². The third kappa shape index (κ3) is 5.63. The normalized spacial score (nSPS) is 14.6. The Balaban J connectivity index is 1.32. The van der Waals surface area contributed by atoms with Crippen molar-refractivity contribution in [1.82, 2.24) is 19.1 Å². The first kappa shape index (κ1) is 27.9. The number of quaternary nitrogens is 1. The molecule has 0 saturated heterocycles. The van der Waals surface area contributed by atoms with Crippen molar-refractivity contribution < 1.29 is 14.2 Å². The van der Waals surface area contributed by atoms with Crippen molar-refractivity contribution in [3.63, 3.8) is 0 Å². The zero-order chi connectivity index (χ0) is 30.1. The van der Waals surface area contributed by atoms with Crippen LogP contribution >= 0.6 is 0 Å². The molecule has 11 nitrogen and oxygen atoms in total. The molecule has 1 aliphatic carbocycles. The molecular formula is C32H31N7O4. The topological polar surface area (TPSA) is 131 Å². The number of likely N-dealkylation sites (N-methyl/N-ethyl adjacent to an activating group) is 2. The van der Waals surface area contributed by atoms with Gasteiger partial charge in [0, 0.05) is 31.7 Å². The van der Waals surface area contributed by atoms with E-state index in [0.717, 1.165) is 12.8 Å². The van der Waals surface area contributed by atoms with Crippen LogP contribution in [0.25, 0.3) is 22.5 Å². The lowest BCUT2D eigenvalue weighted by molar-refractivity contribution is -0.865. The summed E-state index contributed by atoms with van der Waals surface area (Å²) in [6.07, 6.45) is 6.20. The average molecular weight is 578 g/mol. The second-order valence-corrected chi connectivity index (χ2v) is 10.7. The van der Waals surface area contributed by atoms with Gasteiger partial charge in [-0.15, -0.1) is 0 Å². The highest BCUT2D eigenvalue weighted by Crippen LogP contribution is 2.31. The molecule has 0 radical (unpaired) electrons. The first-order valence-corrected chi connectivity index (χ1v) is 13.9. The Morgan fingerprint density at radius 1 is 1.02 bits per heavy atom. The van der Waals surface area contributed by atoms with E-state index in [1.165, 1.54) is 26.4 Å². The van der Waals surface area contributed by atoms with Crippen LogP contribution in [0.4, 0.5) is 11.5 Å². The molecular weight excluding hydrogens is 546 g/mol. The number of ether oxygens (including phenoxy) is 1. The summed E-state index contributed by atoms with van der Waals surface area (Å²) >= 11 is 0. The largest absolute Gasteiger partial charge is 0.633 e. The molecule has 1 atom stereocenters. The van der Waals surface area contributed by atoms with Gasteiger partial charge in [-0.2, -0.15) is 0 Å². The lowest BCUT2D eigenvalue weighted by Gasteiger charge is -2.38. The van der Waals surface area contributed by atoms with Crippen molar-refractivity contribution in [2.75, 3.05) is 31.3 Å². The molecule has 2 aromatic heterocycles. The summed E-state index contributed by atoms with van der Waals surface area (Å²) in [6.45, 7) is 0.236. The lowest BCUT2D eigenvalue weighted by Crippen LogP contribution is -2.40. The number of rotatable bonds is 9. The molecule has 0 aliphatic heterocycles. The van der Waals surface area contributed by atoms with E-state index >= 15 is 0 Å². The highest BCUT2D eigenvalue weighted by atomic mass is 16.5. The van der Waals surface area contributed by atoms with E-state index in [0.29, 0.717) is 39.7 Å². The van der Waals surface area contributed by atoms with Crippen LogP contribution in [-0.4, -0.2) is 56.3 Å². The summed E-state index contributed by atoms with van der Waals surface area (Å²) in [5.74, 6) is 1.17. The minimum Gasteiger partial charge on any atom is -0.633 e. The number of carbonyl (C=O) groups is 1. The fourth-order valence-electron chi connectivity index (χ4n) is 5.02. The van der Waals surface area contributed by atoms with Gasteiger partial charge in [-0.3, -0.25) is 9.36 Å². The quantitative estimate of drug-likeness (QED) is 0.154. The molecule has 1 saturated carbocycles. The molecule has 5 aromatic rings. The van der Waals surface area contributed by atoms with Crippen molar-refractivity contribution in [2.45, 2.75) is 18.9 Å². The lowest BCUT2D eigenvalue weighted by atomic mass is 10.2. The Kier molecular flexibility index (Phi) is 7.26. The Morgan fingerprint density at radius 2 is 1.74 bits per heavy atom. The van der Waals surface area contributed by atoms with Crippen LogP contribution in [0.2, 0.25) is 0 Å². The summed E-state index contributed by atoms with van der Waals surface area (Å²) in [5, 5.41) is 12.5. The maximum absolute atomic E-state index is 14.0. The van der Waals surface area contributed by atoms with E-state index in [1.54, 1.807) is 68.7 Å². The molecule has 11 heteroatoms. The standard InChI is InChI=1S/C32H31N7O4/c1-36(28(40)12-7-19-39(2,42)25-15-16-25)23-8-6-9-24(20-23)38-31-29(30(33)34-21-35-31)37(32(38)41)22-13-17-27(18-14-22)43-26-10-4-3-5-11-26/h3-14,17-18,20-21,25H,15-16,19H2,1-2H3,(H2,33,34,35)/b12-7+. The van der Waals surface area contributed by atoms with Crippen molar-refractivity contribution in [1.29, 1.82) is 0 Å². The molecule has 1 unspecified atom stereocenters. The Morgan fingerprint density at radius 3 is 2.47 bits per heavy atom. The van der Waals surface area contributed by atoms with Gasteiger partial charge >= 0.3 is 5.69 Å². The van der Waals surface area contributed by atoms with Gasteiger partial charge in [-0.25, -0.2) is 19.3 Å². The number of imidazole rings is 1. The van der Waals surface area contributed by atoms with E-state index in [-0.39, 0.29) is 29.0 Å². The van der Waals surface area contributed by atoms with E-state index in [2.05, 4.69) is 9.97 Å². The van der Waals surface area contributed by atoms with Crippen LogP contribution in [0.5, 0.6) is 11.5 Å². The minimum atomic E-state index is -0.405. The number of hydrogen-bond donors (Lipinski definition) is 1. The number of hydroxylamine groups is 3. The third-order valence-corrected chi connectivity index (χ3v) is 7.58. The molecule has 43 heavy (non-hydrogen) atoms. The molecule has 0 spiro atoms. The van der Waals surface area contributed by atoms with Crippen molar-refractivity contribution in [3.05, 3.63) is 113 Å². The number of nitrogens with two attached hydrogens (primary N) is 1. The first-order valence-electron chi connectivity index (χ1n) is 13.9. The fraction of sp³-hybridized carbons (Fsp3) is 0.188. The number of carbonyl (C=O) groups excluding carboxylic acids is 1. The Hall–Kier alpha value is -5.26. The number of para-hydroxylation sites is 1. The zero-order valence-electron chi connectivity index (χ0n) is 23.8. The van der Waals surface area contributed by atoms with Gasteiger partial charge in [0.25, 0.3) is 5.91 Å². The molecule has 3 aromatic carbocycles. The number of nitrogen functional groups attached to an aromatic ring is 1. The summed E-state index contributed by atoms with van der Waals surface area (Å²) in [5.41, 5.74) is 8.15. The van der Waals surface area contributed by atoms with Crippen LogP contribution in [0, 0.1) is 5.21 Å². The number of amides is 1. The number of fused-ring (bicyclic) bond motifs is 1. The summed E-state index contributed by atoms with van der Waals surface area (Å²) < 4.78 is 8.43. The SMILES string of the molecule is CN(C(=O)/C=C/C[N+](C)([O-])C1CC1)c1cccc(-n2c(=O)n(-c3ccc(Oc4ccccc4)cc3)c3c(N)ncnc32)c1. The molecule has 0 bridgehead atoms. The van der Waals surface area contributed by atoms with E-state index in [9.17, 15) is 14.8 Å². The van der Waals surface area contributed by atoms with Crippen LogP contribution in [0.15, 0.2) is 102 Å². The fourth-order valence-corrected chi connectivity index (χ4v) is 5.02. The smallest absolute Gasteiger partial charge is 0.339 e. The molecule has 6 rings (SSSR count). The molecule has 1 amide bonds. The van der Waals surface area contributed by atoms with Gasteiger partial charge in [-0.05, 0) is 60.7 Å². The highest BCUT2D eigenvalue weighted by molar-refractivity contribution is 6.01. The van der Waals surface area contributed by atoms with Gasteiger partial charge in [0.15, 0.2) is 11.5 Å². The molecule has 218 valence electrons. The Bertz CT molecular complexity index is 1870. The maximum atomic E-state index is 14.0. The predicted octanol–water partition coefficient (Wildman–Crippen LogP) is 4.57. The van der Waals surface area contributed by atoms with Gasteiger partial charge in [0.05, 0.1) is 31.0 Å². The van der Waals surface area contributed by atoms with Crippen LogP contribution < -0.4 is 21.1 Å².